The highest BCUT2D eigenvalue weighted by Crippen LogP contribution is 2.26. The highest BCUT2D eigenvalue weighted by atomic mass is 19.1. The molecule has 0 amide bonds. The molecule has 25 heavy (non-hydrogen) atoms. The zero-order valence-corrected chi connectivity index (χ0v) is 14.6. The number of nitrogens with zero attached hydrogens (tertiary/aromatic N) is 5. The van der Waals surface area contributed by atoms with Crippen LogP contribution in [0.4, 0.5) is 10.1 Å². The van der Waals surface area contributed by atoms with E-state index in [0.29, 0.717) is 30.0 Å². The highest BCUT2D eigenvalue weighted by molar-refractivity contribution is 5.59. The number of aryl methyl sites for hydroxylation is 1. The molecule has 1 aliphatic rings. The average Bonchev–Trinajstić information content (AvgIpc) is 2.85. The summed E-state index contributed by atoms with van der Waals surface area (Å²) in [4.78, 5) is 8.62. The lowest BCUT2D eigenvalue weighted by atomic mass is 10.1. The molecule has 132 valence electrons. The summed E-state index contributed by atoms with van der Waals surface area (Å²) in [5, 5.41) is 13.2. The molecule has 3 rings (SSSR count). The van der Waals surface area contributed by atoms with Gasteiger partial charge in [0.2, 0.25) is 5.89 Å². The van der Waals surface area contributed by atoms with Crippen LogP contribution in [-0.4, -0.2) is 41.2 Å². The summed E-state index contributed by atoms with van der Waals surface area (Å²) in [6.07, 6.45) is 2.97. The van der Waals surface area contributed by atoms with Crippen molar-refractivity contribution in [3.63, 3.8) is 0 Å². The first-order chi connectivity index (χ1) is 12.1. The minimum atomic E-state index is -0.453. The standard InChI is InChI=1S/C18H22FN5O/c1-13-21-18(22-25-13)12-23(2)14-5-4-9-24(10-8-14)17-7-3-6-16(19)15(17)11-20/h3,6-7,14H,4-5,8-10,12H2,1-2H3/t14-/m1/s1. The lowest BCUT2D eigenvalue weighted by Gasteiger charge is -2.27. The molecule has 0 N–H and O–H groups in total. The smallest absolute Gasteiger partial charge is 0.223 e. The minimum Gasteiger partial charge on any atom is -0.370 e. The van der Waals surface area contributed by atoms with Gasteiger partial charge in [-0.25, -0.2) is 4.39 Å². The quantitative estimate of drug-likeness (QED) is 0.850. The largest absolute Gasteiger partial charge is 0.370 e. The van der Waals surface area contributed by atoms with Crippen LogP contribution in [0.5, 0.6) is 0 Å². The van der Waals surface area contributed by atoms with Gasteiger partial charge in [-0.05, 0) is 38.4 Å². The van der Waals surface area contributed by atoms with E-state index in [9.17, 15) is 9.65 Å². The molecule has 1 aliphatic heterocycles. The Labute approximate surface area is 146 Å². The third kappa shape index (κ3) is 3.97. The second kappa shape index (κ2) is 7.62. The molecule has 1 aromatic carbocycles. The first-order valence-corrected chi connectivity index (χ1v) is 8.51. The predicted octanol–water partition coefficient (Wildman–Crippen LogP) is 2.88. The number of anilines is 1. The summed E-state index contributed by atoms with van der Waals surface area (Å²) in [5.41, 5.74) is 0.830. The van der Waals surface area contributed by atoms with Crippen molar-refractivity contribution in [2.45, 2.75) is 38.8 Å². The van der Waals surface area contributed by atoms with Gasteiger partial charge in [-0.1, -0.05) is 11.2 Å². The van der Waals surface area contributed by atoms with Crippen LogP contribution in [-0.2, 0) is 6.54 Å². The fourth-order valence-electron chi connectivity index (χ4n) is 3.41. The summed E-state index contributed by atoms with van der Waals surface area (Å²) in [6.45, 7) is 4.04. The third-order valence-corrected chi connectivity index (χ3v) is 4.73. The molecule has 0 aliphatic carbocycles. The topological polar surface area (TPSA) is 69.2 Å². The normalized spacial score (nSPS) is 18.2. The lowest BCUT2D eigenvalue weighted by molar-refractivity contribution is 0.209. The molecule has 0 bridgehead atoms. The van der Waals surface area contributed by atoms with Crippen molar-refractivity contribution in [3.05, 3.63) is 41.3 Å². The van der Waals surface area contributed by atoms with Crippen molar-refractivity contribution < 1.29 is 8.91 Å². The van der Waals surface area contributed by atoms with Crippen LogP contribution in [0.15, 0.2) is 22.7 Å². The molecule has 6 nitrogen and oxygen atoms in total. The maximum Gasteiger partial charge on any atom is 0.223 e. The molecule has 2 aromatic rings. The molecule has 1 fully saturated rings. The number of hydrogen-bond acceptors (Lipinski definition) is 6. The Kier molecular flexibility index (Phi) is 5.29. The molecule has 1 saturated heterocycles. The molecule has 1 aromatic heterocycles. The first kappa shape index (κ1) is 17.4. The molecular formula is C18H22FN5O. The maximum atomic E-state index is 13.9. The van der Waals surface area contributed by atoms with Gasteiger partial charge in [0.25, 0.3) is 0 Å². The van der Waals surface area contributed by atoms with Crippen LogP contribution in [0, 0.1) is 24.1 Å². The van der Waals surface area contributed by atoms with Crippen LogP contribution in [0.3, 0.4) is 0 Å². The molecule has 2 heterocycles. The average molecular weight is 343 g/mol. The summed E-state index contributed by atoms with van der Waals surface area (Å²) >= 11 is 0. The van der Waals surface area contributed by atoms with Crippen LogP contribution >= 0.6 is 0 Å². The van der Waals surface area contributed by atoms with Gasteiger partial charge in [0.1, 0.15) is 17.4 Å². The number of hydrogen-bond donors (Lipinski definition) is 0. The first-order valence-electron chi connectivity index (χ1n) is 8.51. The van der Waals surface area contributed by atoms with Crippen LogP contribution in [0.25, 0.3) is 0 Å². The van der Waals surface area contributed by atoms with E-state index in [1.165, 1.54) is 6.07 Å². The Morgan fingerprint density at radius 1 is 1.40 bits per heavy atom. The van der Waals surface area contributed by atoms with E-state index >= 15 is 0 Å². The van der Waals surface area contributed by atoms with Crippen LogP contribution in [0.2, 0.25) is 0 Å². The zero-order valence-electron chi connectivity index (χ0n) is 14.6. The molecule has 1 atom stereocenters. The summed E-state index contributed by atoms with van der Waals surface area (Å²) in [6, 6.07) is 7.22. The predicted molar refractivity (Wildman–Crippen MR) is 91.5 cm³/mol. The van der Waals surface area contributed by atoms with E-state index in [2.05, 4.69) is 27.0 Å². The molecule has 0 radical (unpaired) electrons. The van der Waals surface area contributed by atoms with Gasteiger partial charge in [-0.15, -0.1) is 0 Å². The van der Waals surface area contributed by atoms with Crippen LogP contribution < -0.4 is 4.90 Å². The van der Waals surface area contributed by atoms with Crippen molar-refractivity contribution in [2.75, 3.05) is 25.0 Å². The van der Waals surface area contributed by atoms with E-state index in [1.807, 2.05) is 12.1 Å². The second-order valence-electron chi connectivity index (χ2n) is 6.46. The Morgan fingerprint density at radius 2 is 2.24 bits per heavy atom. The van der Waals surface area contributed by atoms with Gasteiger partial charge in [0, 0.05) is 26.1 Å². The van der Waals surface area contributed by atoms with E-state index in [1.54, 1.807) is 13.0 Å². The van der Waals surface area contributed by atoms with E-state index in [-0.39, 0.29) is 5.56 Å². The van der Waals surface area contributed by atoms with E-state index in [0.717, 1.165) is 32.4 Å². The lowest BCUT2D eigenvalue weighted by Crippen LogP contribution is -2.33. The molecule has 0 unspecified atom stereocenters. The van der Waals surface area contributed by atoms with E-state index < -0.39 is 5.82 Å². The van der Waals surface area contributed by atoms with Gasteiger partial charge in [0.15, 0.2) is 5.82 Å². The van der Waals surface area contributed by atoms with Crippen LogP contribution in [0.1, 0.15) is 36.5 Å². The summed E-state index contributed by atoms with van der Waals surface area (Å²) in [5.74, 6) is 0.814. The Morgan fingerprint density at radius 3 is 2.96 bits per heavy atom. The fraction of sp³-hybridized carbons (Fsp3) is 0.500. The Bertz CT molecular complexity index is 769. The molecule has 0 saturated carbocycles. The number of aromatic nitrogens is 2. The zero-order chi connectivity index (χ0) is 17.8. The molecule has 0 spiro atoms. The number of benzene rings is 1. The highest BCUT2D eigenvalue weighted by Gasteiger charge is 2.23. The van der Waals surface area contributed by atoms with Gasteiger partial charge in [0.05, 0.1) is 12.2 Å². The van der Waals surface area contributed by atoms with Crippen molar-refractivity contribution in [3.8, 4) is 6.07 Å². The number of halogens is 1. The van der Waals surface area contributed by atoms with Crippen molar-refractivity contribution >= 4 is 5.69 Å². The minimum absolute atomic E-state index is 0.136. The van der Waals surface area contributed by atoms with Crippen molar-refractivity contribution in [1.29, 1.82) is 5.26 Å². The number of nitriles is 1. The second-order valence-corrected chi connectivity index (χ2v) is 6.46. The Balaban J connectivity index is 1.66. The van der Waals surface area contributed by atoms with Gasteiger partial charge >= 0.3 is 0 Å². The van der Waals surface area contributed by atoms with Gasteiger partial charge in [-0.2, -0.15) is 10.2 Å². The third-order valence-electron chi connectivity index (χ3n) is 4.73. The fourth-order valence-corrected chi connectivity index (χ4v) is 3.41. The number of rotatable bonds is 4. The summed E-state index contributed by atoms with van der Waals surface area (Å²) in [7, 11) is 2.06. The van der Waals surface area contributed by atoms with Crippen molar-refractivity contribution in [1.82, 2.24) is 15.0 Å². The Hall–Kier alpha value is -2.46. The van der Waals surface area contributed by atoms with Gasteiger partial charge < -0.3 is 9.42 Å². The van der Waals surface area contributed by atoms with E-state index in [4.69, 9.17) is 4.52 Å². The molecular weight excluding hydrogens is 321 g/mol. The molecule has 7 heteroatoms. The SMILES string of the molecule is Cc1nc(CN(C)[C@@H]2CCCN(c3cccc(F)c3C#N)CC2)no1. The monoisotopic (exact) mass is 343 g/mol. The summed E-state index contributed by atoms with van der Waals surface area (Å²) < 4.78 is 18.9. The maximum absolute atomic E-state index is 13.9. The van der Waals surface area contributed by atoms with Gasteiger partial charge in [-0.3, -0.25) is 4.90 Å². The van der Waals surface area contributed by atoms with Crippen molar-refractivity contribution in [2.24, 2.45) is 0 Å².